The van der Waals surface area contributed by atoms with E-state index < -0.39 is 0 Å². The molecule has 2 aromatic rings. The maximum Gasteiger partial charge on any atom is 0.122 e. The molecule has 0 radical (unpaired) electrons. The number of hydrogen-bond acceptors (Lipinski definition) is 2. The molecule has 0 atom stereocenters. The van der Waals surface area contributed by atoms with Crippen LogP contribution in [0.5, 0.6) is 0 Å². The molecule has 3 N–H and O–H groups in total. The highest BCUT2D eigenvalue weighted by Gasteiger charge is 2.06. The number of nitrogens with zero attached hydrogens (tertiary/aromatic N) is 1. The van der Waals surface area contributed by atoms with E-state index in [0.29, 0.717) is 6.54 Å². The number of rotatable bonds is 4. The number of anilines is 1. The Morgan fingerprint density at radius 2 is 1.90 bits per heavy atom. The molecule has 0 unspecified atom stereocenters. The second-order valence-electron chi connectivity index (χ2n) is 4.55. The highest BCUT2D eigenvalue weighted by molar-refractivity contribution is 9.10. The minimum atomic E-state index is 0.0788. The zero-order chi connectivity index (χ0) is 14.7. The Balaban J connectivity index is 2.15. The lowest BCUT2D eigenvalue weighted by Crippen LogP contribution is -2.17. The normalized spacial score (nSPS) is 10.3. The number of benzene rings is 2. The van der Waals surface area contributed by atoms with Gasteiger partial charge in [0.25, 0.3) is 0 Å². The van der Waals surface area contributed by atoms with Crippen LogP contribution in [0.25, 0.3) is 0 Å². The lowest BCUT2D eigenvalue weighted by Gasteiger charge is -2.20. The Hall–Kier alpha value is -1.52. The first-order valence-electron chi connectivity index (χ1n) is 6.07. The van der Waals surface area contributed by atoms with Crippen molar-refractivity contribution in [3.05, 3.63) is 63.1 Å². The number of nitrogen functional groups attached to an aromatic ring is 1. The van der Waals surface area contributed by atoms with Crippen molar-refractivity contribution in [1.29, 1.82) is 5.41 Å². The number of amidine groups is 1. The molecular formula is C15H15BrClN3. The van der Waals surface area contributed by atoms with E-state index in [1.165, 1.54) is 0 Å². The van der Waals surface area contributed by atoms with Crippen molar-refractivity contribution in [2.45, 2.75) is 6.54 Å². The van der Waals surface area contributed by atoms with E-state index in [-0.39, 0.29) is 5.84 Å². The summed E-state index contributed by atoms with van der Waals surface area (Å²) in [5, 5.41) is 8.13. The SMILES string of the molecule is CN(Cc1ccc(Br)cc1Cl)c1ccc(C(=N)N)cc1. The topological polar surface area (TPSA) is 53.1 Å². The van der Waals surface area contributed by atoms with Crippen LogP contribution in [0.2, 0.25) is 5.02 Å². The minimum absolute atomic E-state index is 0.0788. The molecule has 5 heteroatoms. The van der Waals surface area contributed by atoms with Gasteiger partial charge in [-0.2, -0.15) is 0 Å². The van der Waals surface area contributed by atoms with E-state index in [2.05, 4.69) is 20.8 Å². The van der Waals surface area contributed by atoms with Gasteiger partial charge in [0.05, 0.1) is 0 Å². The van der Waals surface area contributed by atoms with Gasteiger partial charge in [0, 0.05) is 34.3 Å². The van der Waals surface area contributed by atoms with Crippen molar-refractivity contribution in [2.24, 2.45) is 5.73 Å². The predicted molar refractivity (Wildman–Crippen MR) is 88.7 cm³/mol. The van der Waals surface area contributed by atoms with Gasteiger partial charge < -0.3 is 10.6 Å². The van der Waals surface area contributed by atoms with Crippen molar-refractivity contribution >= 4 is 39.1 Å². The van der Waals surface area contributed by atoms with Crippen LogP contribution in [-0.4, -0.2) is 12.9 Å². The first kappa shape index (κ1) is 14.9. The molecule has 0 saturated heterocycles. The fraction of sp³-hybridized carbons (Fsp3) is 0.133. The zero-order valence-corrected chi connectivity index (χ0v) is 13.4. The van der Waals surface area contributed by atoms with Gasteiger partial charge in [-0.1, -0.05) is 33.6 Å². The van der Waals surface area contributed by atoms with E-state index in [0.717, 1.165) is 26.3 Å². The third-order valence-electron chi connectivity index (χ3n) is 3.04. The summed E-state index contributed by atoms with van der Waals surface area (Å²) in [6, 6.07) is 13.5. The molecule has 0 aliphatic rings. The summed E-state index contributed by atoms with van der Waals surface area (Å²) >= 11 is 9.63. The maximum absolute atomic E-state index is 7.38. The van der Waals surface area contributed by atoms with Crippen LogP contribution in [-0.2, 0) is 6.54 Å². The summed E-state index contributed by atoms with van der Waals surface area (Å²) in [6.45, 7) is 0.714. The van der Waals surface area contributed by atoms with Gasteiger partial charge in [0.15, 0.2) is 0 Å². The third kappa shape index (κ3) is 3.52. The van der Waals surface area contributed by atoms with Gasteiger partial charge in [-0.3, -0.25) is 5.41 Å². The molecule has 2 aromatic carbocycles. The van der Waals surface area contributed by atoms with Crippen LogP contribution in [0.15, 0.2) is 46.9 Å². The number of hydrogen-bond donors (Lipinski definition) is 2. The van der Waals surface area contributed by atoms with Gasteiger partial charge in [-0.25, -0.2) is 0 Å². The standard InChI is InChI=1S/C15H15BrClN3/c1-20(9-11-2-5-12(16)8-14(11)17)13-6-3-10(4-7-13)15(18)19/h2-8H,9H2,1H3,(H3,18,19). The quantitative estimate of drug-likeness (QED) is 0.645. The molecule has 20 heavy (non-hydrogen) atoms. The molecule has 0 spiro atoms. The number of halogens is 2. The molecule has 2 rings (SSSR count). The van der Waals surface area contributed by atoms with E-state index in [1.54, 1.807) is 0 Å². The highest BCUT2D eigenvalue weighted by Crippen LogP contribution is 2.24. The highest BCUT2D eigenvalue weighted by atomic mass is 79.9. The Kier molecular flexibility index (Phi) is 4.68. The Bertz CT molecular complexity index is 626. The smallest absolute Gasteiger partial charge is 0.122 e. The largest absolute Gasteiger partial charge is 0.384 e. The molecule has 0 aliphatic heterocycles. The second-order valence-corrected chi connectivity index (χ2v) is 5.88. The molecule has 3 nitrogen and oxygen atoms in total. The Labute approximate surface area is 132 Å². The van der Waals surface area contributed by atoms with E-state index in [9.17, 15) is 0 Å². The Morgan fingerprint density at radius 3 is 2.45 bits per heavy atom. The van der Waals surface area contributed by atoms with Crippen LogP contribution in [0, 0.1) is 5.41 Å². The molecule has 0 bridgehead atoms. The van der Waals surface area contributed by atoms with Crippen LogP contribution < -0.4 is 10.6 Å². The third-order valence-corrected chi connectivity index (χ3v) is 3.89. The van der Waals surface area contributed by atoms with Crippen molar-refractivity contribution in [3.8, 4) is 0 Å². The van der Waals surface area contributed by atoms with Gasteiger partial charge in [-0.05, 0) is 42.0 Å². The molecule has 0 fully saturated rings. The summed E-state index contributed by atoms with van der Waals surface area (Å²) in [4.78, 5) is 2.10. The fourth-order valence-corrected chi connectivity index (χ4v) is 2.63. The second kappa shape index (κ2) is 6.29. The molecule has 0 aliphatic carbocycles. The number of nitrogens with one attached hydrogen (secondary N) is 1. The number of nitrogens with two attached hydrogens (primary N) is 1. The summed E-state index contributed by atoms with van der Waals surface area (Å²) in [5.74, 6) is 0.0788. The Morgan fingerprint density at radius 1 is 1.25 bits per heavy atom. The van der Waals surface area contributed by atoms with Crippen molar-refractivity contribution in [2.75, 3.05) is 11.9 Å². The summed E-state index contributed by atoms with van der Waals surface area (Å²) in [5.41, 5.74) is 8.28. The van der Waals surface area contributed by atoms with E-state index >= 15 is 0 Å². The lowest BCUT2D eigenvalue weighted by molar-refractivity contribution is 0.923. The molecule has 0 heterocycles. The van der Waals surface area contributed by atoms with Gasteiger partial charge in [-0.15, -0.1) is 0 Å². The summed E-state index contributed by atoms with van der Waals surface area (Å²) in [7, 11) is 2.00. The zero-order valence-electron chi connectivity index (χ0n) is 11.0. The first-order valence-corrected chi connectivity index (χ1v) is 7.24. The van der Waals surface area contributed by atoms with Crippen molar-refractivity contribution < 1.29 is 0 Å². The van der Waals surface area contributed by atoms with E-state index in [1.807, 2.05) is 49.5 Å². The molecule has 0 saturated carbocycles. The minimum Gasteiger partial charge on any atom is -0.384 e. The molecule has 104 valence electrons. The summed E-state index contributed by atoms with van der Waals surface area (Å²) < 4.78 is 0.972. The van der Waals surface area contributed by atoms with Gasteiger partial charge in [0.2, 0.25) is 0 Å². The first-order chi connectivity index (χ1) is 9.47. The van der Waals surface area contributed by atoms with Crippen LogP contribution in [0.4, 0.5) is 5.69 Å². The maximum atomic E-state index is 7.38. The van der Waals surface area contributed by atoms with E-state index in [4.69, 9.17) is 22.7 Å². The summed E-state index contributed by atoms with van der Waals surface area (Å²) in [6.07, 6.45) is 0. The predicted octanol–water partition coefficient (Wildman–Crippen LogP) is 4.02. The molecular weight excluding hydrogens is 338 g/mol. The molecule has 0 amide bonds. The average Bonchev–Trinajstić information content (AvgIpc) is 2.42. The van der Waals surface area contributed by atoms with Crippen molar-refractivity contribution in [3.63, 3.8) is 0 Å². The van der Waals surface area contributed by atoms with Gasteiger partial charge >= 0.3 is 0 Å². The molecule has 0 aromatic heterocycles. The average molecular weight is 353 g/mol. The van der Waals surface area contributed by atoms with Crippen LogP contribution >= 0.6 is 27.5 Å². The lowest BCUT2D eigenvalue weighted by atomic mass is 10.1. The monoisotopic (exact) mass is 351 g/mol. The van der Waals surface area contributed by atoms with Gasteiger partial charge in [0.1, 0.15) is 5.84 Å². The van der Waals surface area contributed by atoms with Crippen LogP contribution in [0.1, 0.15) is 11.1 Å². The van der Waals surface area contributed by atoms with Crippen molar-refractivity contribution in [1.82, 2.24) is 0 Å². The fourth-order valence-electron chi connectivity index (χ4n) is 1.89. The van der Waals surface area contributed by atoms with Crippen LogP contribution in [0.3, 0.4) is 0 Å².